The molecule has 1 aromatic carbocycles. The van der Waals surface area contributed by atoms with Crippen LogP contribution in [0.15, 0.2) is 42.6 Å². The Morgan fingerprint density at radius 1 is 1.26 bits per heavy atom. The highest BCUT2D eigenvalue weighted by atomic mass is 19.3. The molecular weight excluding hydrogens is 460 g/mol. The van der Waals surface area contributed by atoms with E-state index in [1.807, 2.05) is 30.3 Å². The number of nitrogens with zero attached hydrogens (tertiary/aromatic N) is 4. The number of aromatic carboxylic acids is 1. The first-order valence-electron chi connectivity index (χ1n) is 11.3. The van der Waals surface area contributed by atoms with Crippen LogP contribution in [-0.4, -0.2) is 51.8 Å². The quantitative estimate of drug-likeness (QED) is 0.512. The fourth-order valence-corrected chi connectivity index (χ4v) is 4.30. The first kappa shape index (κ1) is 24.4. The SMILES string of the molecule is CN(C)c1cc2nc(C(NC(=O)OCc3ccccc3)C3CCC(F)(F)CC3)cn2nc1C(=O)O. The molecule has 1 fully saturated rings. The second kappa shape index (κ2) is 9.85. The summed E-state index contributed by atoms with van der Waals surface area (Å²) in [5.74, 6) is -4.22. The van der Waals surface area contributed by atoms with E-state index in [9.17, 15) is 23.5 Å². The summed E-state index contributed by atoms with van der Waals surface area (Å²) in [7, 11) is 3.39. The number of carboxylic acid groups (broad SMARTS) is 1. The average molecular weight is 488 g/mol. The number of nitrogens with one attached hydrogen (secondary N) is 1. The Kier molecular flexibility index (Phi) is 6.86. The number of anilines is 1. The van der Waals surface area contributed by atoms with Gasteiger partial charge in [-0.15, -0.1) is 0 Å². The third-order valence-corrected chi connectivity index (χ3v) is 6.17. The summed E-state index contributed by atoms with van der Waals surface area (Å²) in [6.07, 6.45) is 0.656. The number of hydrogen-bond acceptors (Lipinski definition) is 6. The van der Waals surface area contributed by atoms with Crippen LogP contribution in [0.2, 0.25) is 0 Å². The first-order chi connectivity index (χ1) is 16.6. The van der Waals surface area contributed by atoms with Gasteiger partial charge in [0.15, 0.2) is 11.3 Å². The molecule has 1 saturated carbocycles. The highest BCUT2D eigenvalue weighted by Gasteiger charge is 2.39. The number of aromatic nitrogens is 3. The average Bonchev–Trinajstić information content (AvgIpc) is 3.24. The summed E-state index contributed by atoms with van der Waals surface area (Å²) in [4.78, 5) is 30.5. The number of rotatable bonds is 7. The van der Waals surface area contributed by atoms with Crippen LogP contribution in [0.1, 0.15) is 53.5 Å². The van der Waals surface area contributed by atoms with Gasteiger partial charge in [0, 0.05) is 33.0 Å². The van der Waals surface area contributed by atoms with Gasteiger partial charge in [0.25, 0.3) is 0 Å². The number of imidazole rings is 1. The molecule has 0 spiro atoms. The zero-order valence-corrected chi connectivity index (χ0v) is 19.4. The van der Waals surface area contributed by atoms with E-state index in [0.717, 1.165) is 5.56 Å². The fraction of sp³-hybridized carbons (Fsp3) is 0.417. The number of halogens is 2. The third-order valence-electron chi connectivity index (χ3n) is 6.17. The minimum Gasteiger partial charge on any atom is -0.476 e. The van der Waals surface area contributed by atoms with Crippen molar-refractivity contribution in [1.29, 1.82) is 0 Å². The maximum atomic E-state index is 13.8. The van der Waals surface area contributed by atoms with Gasteiger partial charge < -0.3 is 20.1 Å². The molecule has 2 heterocycles. The maximum Gasteiger partial charge on any atom is 0.408 e. The molecule has 2 N–H and O–H groups in total. The molecule has 4 rings (SSSR count). The summed E-state index contributed by atoms with van der Waals surface area (Å²) < 4.78 is 34.3. The number of amides is 1. The first-order valence-corrected chi connectivity index (χ1v) is 11.3. The van der Waals surface area contributed by atoms with Crippen molar-refractivity contribution in [2.75, 3.05) is 19.0 Å². The predicted molar refractivity (Wildman–Crippen MR) is 124 cm³/mol. The van der Waals surface area contributed by atoms with Gasteiger partial charge in [0.2, 0.25) is 5.92 Å². The molecular formula is C24H27F2N5O4. The molecule has 11 heteroatoms. The molecule has 0 saturated heterocycles. The molecule has 0 aliphatic heterocycles. The Morgan fingerprint density at radius 3 is 2.57 bits per heavy atom. The minimum absolute atomic E-state index is 0.0586. The van der Waals surface area contributed by atoms with Gasteiger partial charge in [-0.2, -0.15) is 5.10 Å². The lowest BCUT2D eigenvalue weighted by Crippen LogP contribution is -2.37. The fourth-order valence-electron chi connectivity index (χ4n) is 4.30. The largest absolute Gasteiger partial charge is 0.476 e. The van der Waals surface area contributed by atoms with Gasteiger partial charge in [0.05, 0.1) is 23.6 Å². The van der Waals surface area contributed by atoms with Crippen LogP contribution in [0.3, 0.4) is 0 Å². The Hall–Kier alpha value is -3.76. The van der Waals surface area contributed by atoms with Gasteiger partial charge in [-0.3, -0.25) is 0 Å². The lowest BCUT2D eigenvalue weighted by Gasteiger charge is -2.33. The van der Waals surface area contributed by atoms with Crippen molar-refractivity contribution in [3.63, 3.8) is 0 Å². The van der Waals surface area contributed by atoms with Crippen LogP contribution in [0.4, 0.5) is 19.3 Å². The van der Waals surface area contributed by atoms with Crippen LogP contribution in [-0.2, 0) is 11.3 Å². The van der Waals surface area contributed by atoms with E-state index in [0.29, 0.717) is 17.0 Å². The number of hydrogen-bond donors (Lipinski definition) is 2. The van der Waals surface area contributed by atoms with Crippen LogP contribution >= 0.6 is 0 Å². The van der Waals surface area contributed by atoms with Crippen molar-refractivity contribution in [3.8, 4) is 0 Å². The molecule has 1 atom stereocenters. The van der Waals surface area contributed by atoms with E-state index in [-0.39, 0.29) is 43.9 Å². The second-order valence-corrected chi connectivity index (χ2v) is 8.92. The highest BCUT2D eigenvalue weighted by molar-refractivity contribution is 5.92. The van der Waals surface area contributed by atoms with Crippen molar-refractivity contribution in [1.82, 2.24) is 19.9 Å². The van der Waals surface area contributed by atoms with Crippen LogP contribution in [0.5, 0.6) is 0 Å². The standard InChI is InChI=1S/C24H27F2N5O4/c1-30(2)18-12-19-27-17(13-31(19)29-21(18)22(32)33)20(16-8-10-24(25,26)11-9-16)28-23(34)35-14-15-6-4-3-5-7-15/h3-7,12-13,16,20H,8-11,14H2,1-2H3,(H,28,34)(H,32,33). The van der Waals surface area contributed by atoms with Gasteiger partial charge in [-0.1, -0.05) is 30.3 Å². The number of fused-ring (bicyclic) bond motifs is 1. The molecule has 0 bridgehead atoms. The van der Waals surface area contributed by atoms with Crippen molar-refractivity contribution >= 4 is 23.4 Å². The Labute approximate surface area is 200 Å². The molecule has 9 nitrogen and oxygen atoms in total. The topological polar surface area (TPSA) is 109 Å². The van der Waals surface area contributed by atoms with Crippen LogP contribution in [0.25, 0.3) is 5.65 Å². The van der Waals surface area contributed by atoms with Crippen LogP contribution in [0, 0.1) is 5.92 Å². The van der Waals surface area contributed by atoms with Crippen molar-refractivity contribution < 1.29 is 28.2 Å². The van der Waals surface area contributed by atoms with Gasteiger partial charge in [0.1, 0.15) is 6.61 Å². The summed E-state index contributed by atoms with van der Waals surface area (Å²) in [6, 6.07) is 10.0. The molecule has 35 heavy (non-hydrogen) atoms. The van der Waals surface area contributed by atoms with E-state index in [4.69, 9.17) is 4.74 Å². The summed E-state index contributed by atoms with van der Waals surface area (Å²) in [5, 5.41) is 16.5. The normalized spacial score (nSPS) is 16.6. The zero-order chi connectivity index (χ0) is 25.2. The number of carboxylic acids is 1. The Balaban J connectivity index is 1.62. The summed E-state index contributed by atoms with van der Waals surface area (Å²) >= 11 is 0. The van der Waals surface area contributed by atoms with E-state index < -0.39 is 24.0 Å². The van der Waals surface area contributed by atoms with Gasteiger partial charge in [-0.25, -0.2) is 27.9 Å². The van der Waals surface area contributed by atoms with Crippen molar-refractivity contribution in [2.24, 2.45) is 5.92 Å². The molecule has 1 amide bonds. The Bertz CT molecular complexity index is 1210. The number of benzene rings is 1. The number of alkyl halides is 2. The maximum absolute atomic E-state index is 13.8. The van der Waals surface area contributed by atoms with E-state index in [1.54, 1.807) is 25.1 Å². The summed E-state index contributed by atoms with van der Waals surface area (Å²) in [5.41, 5.74) is 1.79. The highest BCUT2D eigenvalue weighted by Crippen LogP contribution is 2.41. The predicted octanol–water partition coefficient (Wildman–Crippen LogP) is 4.29. The molecule has 3 aromatic rings. The second-order valence-electron chi connectivity index (χ2n) is 8.92. The van der Waals surface area contributed by atoms with Crippen LogP contribution < -0.4 is 10.2 Å². The van der Waals surface area contributed by atoms with E-state index >= 15 is 0 Å². The lowest BCUT2D eigenvalue weighted by molar-refractivity contribution is -0.0497. The molecule has 1 aliphatic carbocycles. The van der Waals surface area contributed by atoms with Crippen molar-refractivity contribution in [3.05, 3.63) is 59.5 Å². The number of carbonyl (C=O) groups is 2. The Morgan fingerprint density at radius 2 is 1.94 bits per heavy atom. The van der Waals surface area contributed by atoms with Gasteiger partial charge in [-0.05, 0) is 24.3 Å². The number of alkyl carbamates (subject to hydrolysis) is 1. The minimum atomic E-state index is -2.73. The molecule has 186 valence electrons. The lowest BCUT2D eigenvalue weighted by atomic mass is 9.81. The molecule has 0 radical (unpaired) electrons. The monoisotopic (exact) mass is 487 g/mol. The van der Waals surface area contributed by atoms with E-state index in [1.165, 1.54) is 10.7 Å². The van der Waals surface area contributed by atoms with Gasteiger partial charge >= 0.3 is 12.1 Å². The number of ether oxygens (including phenoxy) is 1. The van der Waals surface area contributed by atoms with E-state index in [2.05, 4.69) is 15.4 Å². The number of carbonyl (C=O) groups excluding carboxylic acids is 1. The zero-order valence-electron chi connectivity index (χ0n) is 19.4. The smallest absolute Gasteiger partial charge is 0.408 e. The molecule has 2 aromatic heterocycles. The molecule has 1 aliphatic rings. The third kappa shape index (κ3) is 5.67. The summed E-state index contributed by atoms with van der Waals surface area (Å²) in [6.45, 7) is 0.0586. The van der Waals surface area contributed by atoms with Crippen molar-refractivity contribution in [2.45, 2.75) is 44.3 Å². The molecule has 1 unspecified atom stereocenters.